The van der Waals surface area contributed by atoms with Crippen LogP contribution >= 0.6 is 0 Å². The van der Waals surface area contributed by atoms with Crippen molar-refractivity contribution in [3.8, 4) is 0 Å². The second kappa shape index (κ2) is 5.25. The van der Waals surface area contributed by atoms with E-state index in [2.05, 4.69) is 10.6 Å². The highest BCUT2D eigenvalue weighted by Crippen LogP contribution is 2.17. The van der Waals surface area contributed by atoms with Gasteiger partial charge in [0, 0.05) is 19.2 Å². The average Bonchev–Trinajstić information content (AvgIpc) is 2.29. The van der Waals surface area contributed by atoms with Gasteiger partial charge in [0.15, 0.2) is 0 Å². The van der Waals surface area contributed by atoms with Crippen molar-refractivity contribution >= 4 is 0 Å². The molecule has 4 nitrogen and oxygen atoms in total. The van der Waals surface area contributed by atoms with E-state index in [1.807, 2.05) is 0 Å². The van der Waals surface area contributed by atoms with E-state index in [9.17, 15) is 5.11 Å². The molecule has 0 radical (unpaired) electrons. The zero-order chi connectivity index (χ0) is 10.6. The molecule has 4 heteroatoms. The zero-order valence-corrected chi connectivity index (χ0v) is 9.30. The van der Waals surface area contributed by atoms with Crippen LogP contribution in [0.15, 0.2) is 0 Å². The summed E-state index contributed by atoms with van der Waals surface area (Å²) in [6, 6.07) is 0.442. The maximum atomic E-state index is 10.3. The van der Waals surface area contributed by atoms with Crippen LogP contribution in [0.3, 0.4) is 0 Å². The van der Waals surface area contributed by atoms with Crippen LogP contribution in [0.25, 0.3) is 0 Å². The van der Waals surface area contributed by atoms with E-state index >= 15 is 0 Å². The Morgan fingerprint density at radius 3 is 2.87 bits per heavy atom. The first-order valence-electron chi connectivity index (χ1n) is 6.03. The van der Waals surface area contributed by atoms with Gasteiger partial charge in [0.1, 0.15) is 0 Å². The molecular formula is C11H22N2O2. The number of ether oxygens (including phenoxy) is 1. The summed E-state index contributed by atoms with van der Waals surface area (Å²) in [5, 5.41) is 17.0. The van der Waals surface area contributed by atoms with Gasteiger partial charge < -0.3 is 20.5 Å². The van der Waals surface area contributed by atoms with Crippen molar-refractivity contribution in [2.24, 2.45) is 0 Å². The van der Waals surface area contributed by atoms with E-state index in [0.29, 0.717) is 12.6 Å². The minimum atomic E-state index is -0.497. The van der Waals surface area contributed by atoms with Crippen molar-refractivity contribution in [3.63, 3.8) is 0 Å². The molecule has 1 atom stereocenters. The summed E-state index contributed by atoms with van der Waals surface area (Å²) in [5.41, 5.74) is -0.497. The lowest BCUT2D eigenvalue weighted by molar-refractivity contribution is -0.000112. The monoisotopic (exact) mass is 214 g/mol. The fourth-order valence-corrected chi connectivity index (χ4v) is 2.30. The molecule has 0 spiro atoms. The van der Waals surface area contributed by atoms with Gasteiger partial charge in [-0.2, -0.15) is 0 Å². The van der Waals surface area contributed by atoms with E-state index in [4.69, 9.17) is 4.74 Å². The number of rotatable bonds is 3. The minimum Gasteiger partial charge on any atom is -0.388 e. The highest BCUT2D eigenvalue weighted by atomic mass is 16.5. The summed E-state index contributed by atoms with van der Waals surface area (Å²) in [5.74, 6) is 0. The maximum absolute atomic E-state index is 10.3. The molecule has 2 aliphatic rings. The van der Waals surface area contributed by atoms with Crippen LogP contribution < -0.4 is 10.6 Å². The van der Waals surface area contributed by atoms with Crippen LogP contribution in [0.2, 0.25) is 0 Å². The quantitative estimate of drug-likeness (QED) is 0.612. The largest absolute Gasteiger partial charge is 0.388 e. The van der Waals surface area contributed by atoms with E-state index in [1.54, 1.807) is 0 Å². The van der Waals surface area contributed by atoms with Gasteiger partial charge in [0.25, 0.3) is 0 Å². The predicted octanol–water partition coefficient (Wildman–Crippen LogP) is -0.131. The molecule has 3 N–H and O–H groups in total. The molecule has 2 aliphatic heterocycles. The average molecular weight is 214 g/mol. The minimum absolute atomic E-state index is 0.442. The highest BCUT2D eigenvalue weighted by Gasteiger charge is 2.29. The van der Waals surface area contributed by atoms with E-state index in [-0.39, 0.29) is 0 Å². The third kappa shape index (κ3) is 3.41. The highest BCUT2D eigenvalue weighted by molar-refractivity contribution is 4.87. The van der Waals surface area contributed by atoms with Gasteiger partial charge in [0.05, 0.1) is 12.2 Å². The van der Waals surface area contributed by atoms with Gasteiger partial charge in [-0.25, -0.2) is 0 Å². The molecule has 2 fully saturated rings. The molecular weight excluding hydrogens is 192 g/mol. The van der Waals surface area contributed by atoms with Crippen molar-refractivity contribution in [1.29, 1.82) is 0 Å². The lowest BCUT2D eigenvalue weighted by Crippen LogP contribution is -2.51. The number of nitrogens with one attached hydrogen (secondary N) is 2. The summed E-state index contributed by atoms with van der Waals surface area (Å²) in [6.45, 7) is 4.27. The van der Waals surface area contributed by atoms with Gasteiger partial charge in [-0.15, -0.1) is 0 Å². The van der Waals surface area contributed by atoms with Crippen LogP contribution in [-0.2, 0) is 4.74 Å². The van der Waals surface area contributed by atoms with Gasteiger partial charge in [-0.3, -0.25) is 0 Å². The fraction of sp³-hybridized carbons (Fsp3) is 1.00. The van der Waals surface area contributed by atoms with Crippen molar-refractivity contribution in [3.05, 3.63) is 0 Å². The molecule has 0 aromatic rings. The molecule has 0 aromatic carbocycles. The van der Waals surface area contributed by atoms with Gasteiger partial charge >= 0.3 is 0 Å². The molecule has 0 aliphatic carbocycles. The first kappa shape index (κ1) is 11.3. The topological polar surface area (TPSA) is 53.5 Å². The molecule has 15 heavy (non-hydrogen) atoms. The van der Waals surface area contributed by atoms with Crippen LogP contribution in [-0.4, -0.2) is 49.6 Å². The van der Waals surface area contributed by atoms with Crippen LogP contribution in [0, 0.1) is 0 Å². The molecule has 2 rings (SSSR count). The molecule has 0 bridgehead atoms. The number of piperidine rings is 1. The normalized spacial score (nSPS) is 31.4. The molecule has 88 valence electrons. The summed E-state index contributed by atoms with van der Waals surface area (Å²) >= 11 is 0. The maximum Gasteiger partial charge on any atom is 0.0795 e. The van der Waals surface area contributed by atoms with Crippen molar-refractivity contribution in [2.45, 2.75) is 37.3 Å². The van der Waals surface area contributed by atoms with Crippen LogP contribution in [0.4, 0.5) is 0 Å². The lowest BCUT2D eigenvalue weighted by atomic mass is 9.92. The van der Waals surface area contributed by atoms with Crippen molar-refractivity contribution in [1.82, 2.24) is 10.6 Å². The fourth-order valence-electron chi connectivity index (χ4n) is 2.30. The number of hydrogen-bond donors (Lipinski definition) is 3. The Kier molecular flexibility index (Phi) is 3.97. The van der Waals surface area contributed by atoms with Crippen molar-refractivity contribution < 1.29 is 9.84 Å². The Balaban J connectivity index is 1.70. The van der Waals surface area contributed by atoms with Crippen molar-refractivity contribution in [2.75, 3.05) is 32.8 Å². The second-order valence-electron chi connectivity index (χ2n) is 4.77. The molecule has 1 unspecified atom stereocenters. The van der Waals surface area contributed by atoms with Crippen LogP contribution in [0.5, 0.6) is 0 Å². The molecule has 2 saturated heterocycles. The summed E-state index contributed by atoms with van der Waals surface area (Å²) in [7, 11) is 0. The molecule has 2 heterocycles. The first-order valence-corrected chi connectivity index (χ1v) is 6.03. The van der Waals surface area contributed by atoms with Gasteiger partial charge in [-0.05, 0) is 38.8 Å². The summed E-state index contributed by atoms with van der Waals surface area (Å²) in [6.07, 6.45) is 4.02. The SMILES string of the molecule is OC1(CNC2CCCOC2)CCNCC1. The van der Waals surface area contributed by atoms with Gasteiger partial charge in [0.2, 0.25) is 0 Å². The Morgan fingerprint density at radius 2 is 2.20 bits per heavy atom. The van der Waals surface area contributed by atoms with E-state index < -0.39 is 5.60 Å². The second-order valence-corrected chi connectivity index (χ2v) is 4.77. The molecule has 0 saturated carbocycles. The molecule has 0 aromatic heterocycles. The van der Waals surface area contributed by atoms with E-state index in [0.717, 1.165) is 45.6 Å². The zero-order valence-electron chi connectivity index (χ0n) is 9.30. The lowest BCUT2D eigenvalue weighted by Gasteiger charge is -2.35. The number of hydrogen-bond acceptors (Lipinski definition) is 4. The summed E-state index contributed by atoms with van der Waals surface area (Å²) in [4.78, 5) is 0. The third-order valence-corrected chi connectivity index (χ3v) is 3.41. The smallest absolute Gasteiger partial charge is 0.0795 e. The Hall–Kier alpha value is -0.160. The summed E-state index contributed by atoms with van der Waals surface area (Å²) < 4.78 is 5.40. The molecule has 0 amide bonds. The Bertz CT molecular complexity index is 187. The first-order chi connectivity index (χ1) is 7.29. The standard InChI is InChI=1S/C11H22N2O2/c14-11(3-5-12-6-4-11)9-13-10-2-1-7-15-8-10/h10,12-14H,1-9H2. The Morgan fingerprint density at radius 1 is 1.40 bits per heavy atom. The van der Waals surface area contributed by atoms with Crippen LogP contribution in [0.1, 0.15) is 25.7 Å². The van der Waals surface area contributed by atoms with Gasteiger partial charge in [-0.1, -0.05) is 0 Å². The predicted molar refractivity (Wildman–Crippen MR) is 58.9 cm³/mol. The third-order valence-electron chi connectivity index (χ3n) is 3.41. The number of aliphatic hydroxyl groups is 1. The van der Waals surface area contributed by atoms with E-state index in [1.165, 1.54) is 6.42 Å². The Labute approximate surface area is 91.4 Å².